The molecule has 4 nitrogen and oxygen atoms in total. The number of anilines is 1. The van der Waals surface area contributed by atoms with Crippen molar-refractivity contribution in [3.63, 3.8) is 0 Å². The summed E-state index contributed by atoms with van der Waals surface area (Å²) in [6, 6.07) is 11.5. The molecule has 1 fully saturated rings. The molecule has 3 rings (SSSR count). The van der Waals surface area contributed by atoms with Crippen LogP contribution in [0.5, 0.6) is 0 Å². The van der Waals surface area contributed by atoms with Crippen molar-refractivity contribution < 1.29 is 4.39 Å². The summed E-state index contributed by atoms with van der Waals surface area (Å²) in [5, 5.41) is 8.13. The Morgan fingerprint density at radius 1 is 1.17 bits per heavy atom. The van der Waals surface area contributed by atoms with Gasteiger partial charge in [-0.15, -0.1) is 5.10 Å². The predicted octanol–water partition coefficient (Wildman–Crippen LogP) is 3.28. The Balaban J connectivity index is 1.61. The number of nitrogens with zero attached hydrogens (tertiary/aromatic N) is 4. The number of likely N-dealkylation sites (tertiary alicyclic amines) is 1. The molecule has 2 aromatic rings. The highest BCUT2D eigenvalue weighted by Gasteiger charge is 2.27. The Labute approximate surface area is 136 Å². The molecule has 1 atom stereocenters. The molecule has 23 heavy (non-hydrogen) atoms. The van der Waals surface area contributed by atoms with Crippen LogP contribution in [-0.4, -0.2) is 41.3 Å². The molecule has 0 saturated carbocycles. The molecule has 0 unspecified atom stereocenters. The fourth-order valence-electron chi connectivity index (χ4n) is 3.34. The van der Waals surface area contributed by atoms with Crippen LogP contribution >= 0.6 is 0 Å². The van der Waals surface area contributed by atoms with Gasteiger partial charge in [-0.1, -0.05) is 18.2 Å². The van der Waals surface area contributed by atoms with Crippen molar-refractivity contribution in [2.24, 2.45) is 0 Å². The van der Waals surface area contributed by atoms with Crippen LogP contribution in [-0.2, 0) is 0 Å². The second kappa shape index (κ2) is 7.04. The maximum absolute atomic E-state index is 14.0. The molecule has 1 aromatic carbocycles. The largest absolute Gasteiger partial charge is 0.355 e. The molecular weight excluding hydrogens is 291 g/mol. The van der Waals surface area contributed by atoms with Gasteiger partial charge >= 0.3 is 0 Å². The highest BCUT2D eigenvalue weighted by Crippen LogP contribution is 2.28. The number of rotatable bonds is 4. The van der Waals surface area contributed by atoms with Gasteiger partial charge < -0.3 is 4.90 Å². The van der Waals surface area contributed by atoms with Crippen molar-refractivity contribution in [2.75, 3.05) is 25.0 Å². The monoisotopic (exact) mass is 314 g/mol. The fraction of sp³-hybridized carbons (Fsp3) is 0.444. The molecule has 2 heterocycles. The Morgan fingerprint density at radius 2 is 1.91 bits per heavy atom. The van der Waals surface area contributed by atoms with Gasteiger partial charge in [0.05, 0.1) is 0 Å². The molecule has 0 aliphatic carbocycles. The molecule has 1 aromatic heterocycles. The van der Waals surface area contributed by atoms with Crippen LogP contribution in [0.1, 0.15) is 31.4 Å². The van der Waals surface area contributed by atoms with E-state index in [1.807, 2.05) is 24.3 Å². The molecule has 1 saturated heterocycles. The summed E-state index contributed by atoms with van der Waals surface area (Å²) in [5.74, 6) is 0.798. The molecule has 122 valence electrons. The molecule has 1 aliphatic heterocycles. The smallest absolute Gasteiger partial charge is 0.151 e. The van der Waals surface area contributed by atoms with Crippen molar-refractivity contribution in [1.82, 2.24) is 15.1 Å². The quantitative estimate of drug-likeness (QED) is 0.867. The number of hydrogen-bond donors (Lipinski definition) is 0. The molecule has 0 spiro atoms. The number of halogens is 1. The summed E-state index contributed by atoms with van der Waals surface area (Å²) >= 11 is 0. The molecular formula is C18H23FN4. The average molecular weight is 314 g/mol. The van der Waals surface area contributed by atoms with Gasteiger partial charge in [-0.3, -0.25) is 4.90 Å². The molecule has 5 heteroatoms. The van der Waals surface area contributed by atoms with Crippen LogP contribution in [0.3, 0.4) is 0 Å². The number of piperidine rings is 1. The second-order valence-corrected chi connectivity index (χ2v) is 6.16. The first-order valence-electron chi connectivity index (χ1n) is 8.16. The van der Waals surface area contributed by atoms with Crippen LogP contribution in [0.15, 0.2) is 42.6 Å². The summed E-state index contributed by atoms with van der Waals surface area (Å²) in [6.45, 7) is 4.01. The van der Waals surface area contributed by atoms with Gasteiger partial charge in [-0.2, -0.15) is 5.10 Å². The topological polar surface area (TPSA) is 32.3 Å². The lowest BCUT2D eigenvalue weighted by atomic mass is 9.99. The third kappa shape index (κ3) is 3.50. The normalized spacial score (nSPS) is 17.9. The summed E-state index contributed by atoms with van der Waals surface area (Å²) in [6.07, 6.45) is 3.79. The molecule has 0 radical (unpaired) electrons. The van der Waals surface area contributed by atoms with Crippen LogP contribution in [0, 0.1) is 5.82 Å². The standard InChI is InChI=1S/C18H23FN4/c1-14(16-6-3-4-7-17(16)19)23-12-9-15(10-13-23)22(2)18-8-5-11-20-21-18/h3-8,11,14-15H,9-10,12-13H2,1-2H3/t14-/m1/s1. The van der Waals surface area contributed by atoms with Gasteiger partial charge in [-0.25, -0.2) is 4.39 Å². The Bertz CT molecular complexity index is 626. The molecule has 0 bridgehead atoms. The third-order valence-corrected chi connectivity index (χ3v) is 4.87. The van der Waals surface area contributed by atoms with Crippen molar-refractivity contribution >= 4 is 5.82 Å². The van der Waals surface area contributed by atoms with Gasteiger partial charge in [-0.05, 0) is 38.0 Å². The van der Waals surface area contributed by atoms with Crippen LogP contribution in [0.2, 0.25) is 0 Å². The van der Waals surface area contributed by atoms with E-state index in [1.54, 1.807) is 18.3 Å². The van der Waals surface area contributed by atoms with E-state index in [-0.39, 0.29) is 11.9 Å². The van der Waals surface area contributed by atoms with Gasteiger partial charge in [0.25, 0.3) is 0 Å². The van der Waals surface area contributed by atoms with E-state index in [0.29, 0.717) is 6.04 Å². The lowest BCUT2D eigenvalue weighted by Gasteiger charge is -2.39. The van der Waals surface area contributed by atoms with Crippen molar-refractivity contribution in [3.8, 4) is 0 Å². The fourth-order valence-corrected chi connectivity index (χ4v) is 3.34. The predicted molar refractivity (Wildman–Crippen MR) is 89.8 cm³/mol. The van der Waals surface area contributed by atoms with E-state index in [2.05, 4.69) is 34.0 Å². The van der Waals surface area contributed by atoms with Gasteiger partial charge in [0.15, 0.2) is 5.82 Å². The van der Waals surface area contributed by atoms with E-state index in [0.717, 1.165) is 37.3 Å². The Kier molecular flexibility index (Phi) is 4.86. The zero-order chi connectivity index (χ0) is 16.2. The minimum atomic E-state index is -0.112. The van der Waals surface area contributed by atoms with Crippen LogP contribution < -0.4 is 4.90 Å². The second-order valence-electron chi connectivity index (χ2n) is 6.16. The Morgan fingerprint density at radius 3 is 2.57 bits per heavy atom. The van der Waals surface area contributed by atoms with Gasteiger partial charge in [0.1, 0.15) is 5.82 Å². The lowest BCUT2D eigenvalue weighted by molar-refractivity contribution is 0.159. The minimum absolute atomic E-state index is 0.110. The van der Waals surface area contributed by atoms with Crippen molar-refractivity contribution in [2.45, 2.75) is 31.8 Å². The molecule has 0 N–H and O–H groups in total. The van der Waals surface area contributed by atoms with Crippen LogP contribution in [0.4, 0.5) is 10.2 Å². The molecule has 0 amide bonds. The number of aromatic nitrogens is 2. The summed E-state index contributed by atoms with van der Waals surface area (Å²) in [5.41, 5.74) is 0.785. The number of benzene rings is 1. The van der Waals surface area contributed by atoms with Crippen molar-refractivity contribution in [3.05, 3.63) is 54.0 Å². The summed E-state index contributed by atoms with van der Waals surface area (Å²) < 4.78 is 14.0. The third-order valence-electron chi connectivity index (χ3n) is 4.87. The maximum Gasteiger partial charge on any atom is 0.151 e. The Hall–Kier alpha value is -2.01. The summed E-state index contributed by atoms with van der Waals surface area (Å²) in [7, 11) is 2.07. The van der Waals surface area contributed by atoms with Crippen molar-refractivity contribution in [1.29, 1.82) is 0 Å². The maximum atomic E-state index is 14.0. The SMILES string of the molecule is C[C@H](c1ccccc1F)N1CCC(N(C)c2cccnn2)CC1. The van der Waals surface area contributed by atoms with Gasteiger partial charge in [0, 0.05) is 44.0 Å². The minimum Gasteiger partial charge on any atom is -0.355 e. The van der Waals surface area contributed by atoms with E-state index >= 15 is 0 Å². The summed E-state index contributed by atoms with van der Waals surface area (Å²) in [4.78, 5) is 4.57. The first-order valence-corrected chi connectivity index (χ1v) is 8.16. The van der Waals surface area contributed by atoms with E-state index in [9.17, 15) is 4.39 Å². The highest BCUT2D eigenvalue weighted by atomic mass is 19.1. The number of hydrogen-bond acceptors (Lipinski definition) is 4. The lowest BCUT2D eigenvalue weighted by Crippen LogP contribution is -2.44. The molecule has 1 aliphatic rings. The first kappa shape index (κ1) is 15.9. The zero-order valence-electron chi connectivity index (χ0n) is 13.7. The first-order chi connectivity index (χ1) is 11.2. The van der Waals surface area contributed by atoms with Crippen LogP contribution in [0.25, 0.3) is 0 Å². The highest BCUT2D eigenvalue weighted by molar-refractivity contribution is 5.36. The van der Waals surface area contributed by atoms with Gasteiger partial charge in [0.2, 0.25) is 0 Å². The zero-order valence-corrected chi connectivity index (χ0v) is 13.7. The van der Waals surface area contributed by atoms with E-state index in [1.165, 1.54) is 0 Å². The average Bonchev–Trinajstić information content (AvgIpc) is 2.62. The van der Waals surface area contributed by atoms with E-state index < -0.39 is 0 Å². The van der Waals surface area contributed by atoms with E-state index in [4.69, 9.17) is 0 Å².